The summed E-state index contributed by atoms with van der Waals surface area (Å²) in [7, 11) is -3.68. The normalized spacial score (nSPS) is 12.7. The molecule has 0 N–H and O–H groups in total. The van der Waals surface area contributed by atoms with Gasteiger partial charge in [-0.2, -0.15) is 0 Å². The number of rotatable bonds is 17. The summed E-state index contributed by atoms with van der Waals surface area (Å²) in [5.41, 5.74) is 1.87. The van der Waals surface area contributed by atoms with E-state index in [1.54, 1.807) is 0 Å². The lowest BCUT2D eigenvalue weighted by Gasteiger charge is -2.22. The van der Waals surface area contributed by atoms with Crippen LogP contribution in [0.25, 0.3) is 0 Å². The third-order valence-electron chi connectivity index (χ3n) is 5.24. The smallest absolute Gasteiger partial charge is 0.284 e. The van der Waals surface area contributed by atoms with Crippen molar-refractivity contribution in [2.24, 2.45) is 0 Å². The summed E-state index contributed by atoms with van der Waals surface area (Å²) < 4.78 is 30.6. The molecule has 0 saturated heterocycles. The first-order valence-electron chi connectivity index (χ1n) is 11.8. The third kappa shape index (κ3) is 11.7. The van der Waals surface area contributed by atoms with E-state index in [-0.39, 0.29) is 19.3 Å². The minimum absolute atomic E-state index is 0.183. The number of phosphoric acid groups is 1. The molecule has 172 valence electrons. The Hall–Kier alpha value is -1.45. The van der Waals surface area contributed by atoms with Gasteiger partial charge in [0.15, 0.2) is 0 Å². The van der Waals surface area contributed by atoms with Gasteiger partial charge in [-0.1, -0.05) is 119 Å². The maximum absolute atomic E-state index is 13.3. The van der Waals surface area contributed by atoms with Gasteiger partial charge in [-0.25, -0.2) is 4.57 Å². The highest BCUT2D eigenvalue weighted by atomic mass is 31.2. The Kier molecular flexibility index (Phi) is 12.8. The Labute approximate surface area is 188 Å². The van der Waals surface area contributed by atoms with Gasteiger partial charge < -0.3 is 0 Å². The molecule has 4 nitrogen and oxygen atoms in total. The molecule has 0 aliphatic rings. The standard InChI is InChI=1S/C26H39O4P/c1-3-4-5-6-7-8-9-12-17-24(2)30-31(27,28-22-25-18-13-10-14-19-25)29-23-26-20-15-11-16-21-26/h10-11,13-16,18-21,24H,3-9,12,17,22-23H2,1-2H3. The van der Waals surface area contributed by atoms with E-state index in [2.05, 4.69) is 6.92 Å². The quantitative estimate of drug-likeness (QED) is 0.181. The average Bonchev–Trinajstić information content (AvgIpc) is 2.80. The molecule has 0 saturated carbocycles. The van der Waals surface area contributed by atoms with Crippen molar-refractivity contribution in [3.63, 3.8) is 0 Å². The zero-order valence-electron chi connectivity index (χ0n) is 19.2. The lowest BCUT2D eigenvalue weighted by Crippen LogP contribution is -2.10. The first kappa shape index (κ1) is 25.8. The molecule has 1 atom stereocenters. The van der Waals surface area contributed by atoms with E-state index < -0.39 is 7.82 Å². The first-order valence-corrected chi connectivity index (χ1v) is 13.2. The maximum atomic E-state index is 13.3. The van der Waals surface area contributed by atoms with Crippen LogP contribution in [-0.4, -0.2) is 6.10 Å². The minimum Gasteiger partial charge on any atom is -0.284 e. The minimum atomic E-state index is -3.68. The largest absolute Gasteiger partial charge is 0.475 e. The van der Waals surface area contributed by atoms with E-state index >= 15 is 0 Å². The second-order valence-electron chi connectivity index (χ2n) is 8.14. The van der Waals surface area contributed by atoms with Gasteiger partial charge in [0, 0.05) is 0 Å². The van der Waals surface area contributed by atoms with Crippen LogP contribution in [0, 0.1) is 0 Å². The molecule has 2 aromatic rings. The van der Waals surface area contributed by atoms with Crippen LogP contribution in [0.15, 0.2) is 60.7 Å². The molecule has 5 heteroatoms. The van der Waals surface area contributed by atoms with E-state index in [1.807, 2.05) is 67.6 Å². The summed E-state index contributed by atoms with van der Waals surface area (Å²) in [5, 5.41) is 0. The van der Waals surface area contributed by atoms with Crippen molar-refractivity contribution < 1.29 is 18.1 Å². The molecule has 0 aliphatic carbocycles. The van der Waals surface area contributed by atoms with Crippen LogP contribution in [0.3, 0.4) is 0 Å². The van der Waals surface area contributed by atoms with Crippen LogP contribution in [0.5, 0.6) is 0 Å². The van der Waals surface area contributed by atoms with E-state index in [9.17, 15) is 4.57 Å². The Balaban J connectivity index is 1.80. The number of unbranched alkanes of at least 4 members (excludes halogenated alkanes) is 7. The van der Waals surface area contributed by atoms with Crippen LogP contribution >= 0.6 is 7.82 Å². The number of hydrogen-bond acceptors (Lipinski definition) is 4. The highest BCUT2D eigenvalue weighted by molar-refractivity contribution is 7.48. The highest BCUT2D eigenvalue weighted by Gasteiger charge is 2.29. The fraction of sp³-hybridized carbons (Fsp3) is 0.538. The van der Waals surface area contributed by atoms with Crippen LogP contribution in [0.4, 0.5) is 0 Å². The van der Waals surface area contributed by atoms with Crippen molar-refractivity contribution in [1.82, 2.24) is 0 Å². The second kappa shape index (κ2) is 15.4. The molecule has 0 aromatic heterocycles. The van der Waals surface area contributed by atoms with Crippen LogP contribution < -0.4 is 0 Å². The molecule has 0 radical (unpaired) electrons. The predicted octanol–water partition coefficient (Wildman–Crippen LogP) is 8.46. The van der Waals surface area contributed by atoms with Crippen molar-refractivity contribution in [3.8, 4) is 0 Å². The lowest BCUT2D eigenvalue weighted by atomic mass is 10.1. The average molecular weight is 447 g/mol. The summed E-state index contributed by atoms with van der Waals surface area (Å²) >= 11 is 0. The molecule has 1 unspecified atom stereocenters. The molecule has 0 spiro atoms. The van der Waals surface area contributed by atoms with Gasteiger partial charge in [-0.3, -0.25) is 13.6 Å². The van der Waals surface area contributed by atoms with Gasteiger partial charge in [-0.05, 0) is 24.5 Å². The zero-order chi connectivity index (χ0) is 22.2. The molecule has 2 aromatic carbocycles. The van der Waals surface area contributed by atoms with Gasteiger partial charge in [0.2, 0.25) is 0 Å². The van der Waals surface area contributed by atoms with Gasteiger partial charge in [0.05, 0.1) is 19.3 Å². The SMILES string of the molecule is CCCCCCCCCCC(C)OP(=O)(OCc1ccccc1)OCc1ccccc1. The van der Waals surface area contributed by atoms with E-state index in [0.29, 0.717) is 0 Å². The Morgan fingerprint density at radius 1 is 0.710 bits per heavy atom. The van der Waals surface area contributed by atoms with E-state index in [1.165, 1.54) is 44.9 Å². The number of phosphoric ester groups is 1. The molecule has 0 amide bonds. The summed E-state index contributed by atoms with van der Waals surface area (Å²) in [5.74, 6) is 0. The summed E-state index contributed by atoms with van der Waals surface area (Å²) in [6.45, 7) is 4.58. The summed E-state index contributed by atoms with van der Waals surface area (Å²) in [6.07, 6.45) is 10.8. The van der Waals surface area contributed by atoms with Gasteiger partial charge >= 0.3 is 7.82 Å². The maximum Gasteiger partial charge on any atom is 0.475 e. The Morgan fingerprint density at radius 2 is 1.16 bits per heavy atom. The van der Waals surface area contributed by atoms with Gasteiger partial charge in [0.25, 0.3) is 0 Å². The molecule has 2 rings (SSSR count). The molecular formula is C26H39O4P. The predicted molar refractivity (Wildman–Crippen MR) is 128 cm³/mol. The third-order valence-corrected chi connectivity index (χ3v) is 6.75. The molecule has 31 heavy (non-hydrogen) atoms. The van der Waals surface area contributed by atoms with Crippen LogP contribution in [-0.2, 0) is 31.4 Å². The highest BCUT2D eigenvalue weighted by Crippen LogP contribution is 2.52. The van der Waals surface area contributed by atoms with E-state index in [4.69, 9.17) is 13.6 Å². The van der Waals surface area contributed by atoms with Crippen LogP contribution in [0.1, 0.15) is 82.8 Å². The molecule has 0 bridgehead atoms. The van der Waals surface area contributed by atoms with Crippen molar-refractivity contribution >= 4 is 7.82 Å². The van der Waals surface area contributed by atoms with Crippen molar-refractivity contribution in [2.75, 3.05) is 0 Å². The Morgan fingerprint density at radius 3 is 1.65 bits per heavy atom. The first-order chi connectivity index (χ1) is 15.1. The van der Waals surface area contributed by atoms with Crippen LogP contribution in [0.2, 0.25) is 0 Å². The topological polar surface area (TPSA) is 44.8 Å². The lowest BCUT2D eigenvalue weighted by molar-refractivity contribution is 0.0721. The monoisotopic (exact) mass is 446 g/mol. The van der Waals surface area contributed by atoms with Crippen molar-refractivity contribution in [2.45, 2.75) is 91.0 Å². The summed E-state index contributed by atoms with van der Waals surface area (Å²) in [6, 6.07) is 19.4. The molecule has 0 aliphatic heterocycles. The number of benzene rings is 2. The van der Waals surface area contributed by atoms with Crippen molar-refractivity contribution in [3.05, 3.63) is 71.8 Å². The second-order valence-corrected chi connectivity index (χ2v) is 9.77. The molecule has 0 heterocycles. The fourth-order valence-electron chi connectivity index (χ4n) is 3.39. The summed E-state index contributed by atoms with van der Waals surface area (Å²) in [4.78, 5) is 0. The van der Waals surface area contributed by atoms with E-state index in [0.717, 1.165) is 24.0 Å². The van der Waals surface area contributed by atoms with Gasteiger partial charge in [0.1, 0.15) is 0 Å². The fourth-order valence-corrected chi connectivity index (χ4v) is 4.75. The van der Waals surface area contributed by atoms with Gasteiger partial charge in [-0.15, -0.1) is 0 Å². The Bertz CT molecular complexity index is 688. The van der Waals surface area contributed by atoms with Crippen molar-refractivity contribution in [1.29, 1.82) is 0 Å². The zero-order valence-corrected chi connectivity index (χ0v) is 20.1. The molecule has 0 fully saturated rings. The molecular weight excluding hydrogens is 407 g/mol. The number of hydrogen-bond donors (Lipinski definition) is 0.